The first-order chi connectivity index (χ1) is 17.2. The molecule has 10 heteroatoms. The zero-order valence-corrected chi connectivity index (χ0v) is 20.8. The summed E-state index contributed by atoms with van der Waals surface area (Å²) in [6.45, 7) is 6.24. The van der Waals surface area contributed by atoms with E-state index in [-0.39, 0.29) is 12.8 Å². The van der Waals surface area contributed by atoms with Crippen LogP contribution in [0.1, 0.15) is 43.7 Å². The predicted octanol–water partition coefficient (Wildman–Crippen LogP) is 1.46. The standard InChI is InChI=1S/C14H20N2O3.C12H16N2O3/c1-2-19-13(17)14(18)5-9-16(10-6-14)11-12-3-7-15-8-4-12;15-11(16)12(17)3-7-14(8-4-12)9-10-1-5-13-6-2-10/h3-4,7-8,18H,2,5-6,9-11H2,1H3;1-2,5-6,17H,3-4,7-9H2,(H,15,16). The second kappa shape index (κ2) is 12.9. The van der Waals surface area contributed by atoms with Crippen molar-refractivity contribution in [2.24, 2.45) is 0 Å². The molecule has 0 spiro atoms. The molecule has 36 heavy (non-hydrogen) atoms. The molecule has 0 aliphatic carbocycles. The summed E-state index contributed by atoms with van der Waals surface area (Å²) < 4.78 is 4.92. The molecule has 196 valence electrons. The number of pyridine rings is 2. The number of hydrogen-bond acceptors (Lipinski definition) is 9. The van der Waals surface area contributed by atoms with E-state index in [0.717, 1.165) is 18.7 Å². The average Bonchev–Trinajstić information content (AvgIpc) is 2.89. The van der Waals surface area contributed by atoms with Crippen molar-refractivity contribution < 1.29 is 29.6 Å². The van der Waals surface area contributed by atoms with Crippen molar-refractivity contribution >= 4 is 11.9 Å². The molecule has 0 amide bonds. The van der Waals surface area contributed by atoms with Crippen LogP contribution in [-0.4, -0.2) is 91.0 Å². The van der Waals surface area contributed by atoms with E-state index in [1.807, 2.05) is 24.3 Å². The van der Waals surface area contributed by atoms with Crippen LogP contribution >= 0.6 is 0 Å². The van der Waals surface area contributed by atoms with Crippen molar-refractivity contribution in [2.75, 3.05) is 32.8 Å². The number of aliphatic hydroxyl groups is 2. The van der Waals surface area contributed by atoms with Crippen molar-refractivity contribution in [3.8, 4) is 0 Å². The molecule has 0 atom stereocenters. The van der Waals surface area contributed by atoms with E-state index in [1.54, 1.807) is 31.7 Å². The van der Waals surface area contributed by atoms with Crippen LogP contribution in [0.15, 0.2) is 49.1 Å². The van der Waals surface area contributed by atoms with Crippen LogP contribution in [0.25, 0.3) is 0 Å². The Kier molecular flexibility index (Phi) is 9.89. The van der Waals surface area contributed by atoms with E-state index in [0.29, 0.717) is 45.6 Å². The Morgan fingerprint density at radius 1 is 0.806 bits per heavy atom. The van der Waals surface area contributed by atoms with Crippen molar-refractivity contribution in [3.05, 3.63) is 60.2 Å². The predicted molar refractivity (Wildman–Crippen MR) is 132 cm³/mol. The molecule has 4 heterocycles. The third kappa shape index (κ3) is 7.79. The van der Waals surface area contributed by atoms with Gasteiger partial charge in [0, 0.05) is 64.1 Å². The van der Waals surface area contributed by atoms with Gasteiger partial charge in [-0.25, -0.2) is 9.59 Å². The monoisotopic (exact) mass is 500 g/mol. The molecule has 3 N–H and O–H groups in total. The maximum absolute atomic E-state index is 11.7. The second-order valence-corrected chi connectivity index (χ2v) is 9.35. The maximum Gasteiger partial charge on any atom is 0.338 e. The summed E-state index contributed by atoms with van der Waals surface area (Å²) in [6.07, 6.45) is 8.46. The number of hydrogen-bond donors (Lipinski definition) is 3. The Hall–Kier alpha value is -2.92. The summed E-state index contributed by atoms with van der Waals surface area (Å²) in [5.74, 6) is -1.60. The van der Waals surface area contributed by atoms with Crippen LogP contribution in [0.5, 0.6) is 0 Å². The highest BCUT2D eigenvalue weighted by molar-refractivity contribution is 5.79. The highest BCUT2D eigenvalue weighted by Crippen LogP contribution is 2.25. The quantitative estimate of drug-likeness (QED) is 0.479. The van der Waals surface area contributed by atoms with Gasteiger partial charge >= 0.3 is 11.9 Å². The van der Waals surface area contributed by atoms with E-state index in [1.165, 1.54) is 5.56 Å². The number of carbonyl (C=O) groups excluding carboxylic acids is 1. The normalized spacial score (nSPS) is 19.5. The fraction of sp³-hybridized carbons (Fsp3) is 0.538. The number of rotatable bonds is 7. The van der Waals surface area contributed by atoms with Gasteiger partial charge in [-0.1, -0.05) is 0 Å². The Balaban J connectivity index is 0.000000202. The first kappa shape index (κ1) is 27.7. The molecule has 0 saturated carbocycles. The molecule has 2 aromatic rings. The number of likely N-dealkylation sites (tertiary alicyclic amines) is 2. The number of aliphatic carboxylic acids is 1. The Morgan fingerprint density at radius 2 is 1.19 bits per heavy atom. The molecule has 0 radical (unpaired) electrons. The molecule has 2 fully saturated rings. The summed E-state index contributed by atoms with van der Waals surface area (Å²) in [7, 11) is 0. The van der Waals surface area contributed by atoms with Gasteiger partial charge < -0.3 is 20.1 Å². The van der Waals surface area contributed by atoms with Crippen LogP contribution in [0, 0.1) is 0 Å². The lowest BCUT2D eigenvalue weighted by Gasteiger charge is -2.36. The van der Waals surface area contributed by atoms with Gasteiger partial charge in [-0.2, -0.15) is 0 Å². The topological polar surface area (TPSA) is 136 Å². The lowest BCUT2D eigenvalue weighted by atomic mass is 9.91. The highest BCUT2D eigenvalue weighted by atomic mass is 16.5. The number of esters is 1. The van der Waals surface area contributed by atoms with E-state index in [9.17, 15) is 19.8 Å². The summed E-state index contributed by atoms with van der Waals surface area (Å²) in [5, 5.41) is 28.9. The molecule has 2 aliphatic rings. The minimum absolute atomic E-state index is 0.285. The minimum Gasteiger partial charge on any atom is -0.479 e. The number of nitrogens with zero attached hydrogens (tertiary/aromatic N) is 4. The molecule has 0 aromatic carbocycles. The zero-order valence-electron chi connectivity index (χ0n) is 20.8. The van der Waals surface area contributed by atoms with Gasteiger partial charge in [0.25, 0.3) is 0 Å². The first-order valence-corrected chi connectivity index (χ1v) is 12.3. The van der Waals surface area contributed by atoms with Crippen molar-refractivity contribution in [1.29, 1.82) is 0 Å². The largest absolute Gasteiger partial charge is 0.479 e. The van der Waals surface area contributed by atoms with E-state index < -0.39 is 23.1 Å². The van der Waals surface area contributed by atoms with Gasteiger partial charge in [0.1, 0.15) is 0 Å². The SMILES string of the molecule is CCOC(=O)C1(O)CCN(Cc2ccncc2)CC1.O=C(O)C1(O)CCN(Cc2ccncc2)CC1. The average molecular weight is 501 g/mol. The fourth-order valence-corrected chi connectivity index (χ4v) is 4.34. The van der Waals surface area contributed by atoms with E-state index >= 15 is 0 Å². The number of carbonyl (C=O) groups is 2. The van der Waals surface area contributed by atoms with Crippen molar-refractivity contribution in [1.82, 2.24) is 19.8 Å². The van der Waals surface area contributed by atoms with Crippen LogP contribution in [0.3, 0.4) is 0 Å². The molecule has 0 unspecified atom stereocenters. The summed E-state index contributed by atoms with van der Waals surface area (Å²) in [5.41, 5.74) is -0.489. The van der Waals surface area contributed by atoms with Gasteiger partial charge in [-0.3, -0.25) is 19.8 Å². The molecular formula is C26H36N4O6. The number of piperidine rings is 2. The molecule has 4 rings (SSSR count). The van der Waals surface area contributed by atoms with Crippen LogP contribution in [0.2, 0.25) is 0 Å². The van der Waals surface area contributed by atoms with Crippen molar-refractivity contribution in [2.45, 2.75) is 56.9 Å². The molecule has 2 aromatic heterocycles. The van der Waals surface area contributed by atoms with Gasteiger partial charge in [0.2, 0.25) is 0 Å². The Bertz CT molecular complexity index is 959. The van der Waals surface area contributed by atoms with Crippen LogP contribution < -0.4 is 0 Å². The van der Waals surface area contributed by atoms with Gasteiger partial charge in [0.05, 0.1) is 6.61 Å². The summed E-state index contributed by atoms with van der Waals surface area (Å²) >= 11 is 0. The van der Waals surface area contributed by atoms with Gasteiger partial charge in [-0.15, -0.1) is 0 Å². The van der Waals surface area contributed by atoms with Crippen molar-refractivity contribution in [3.63, 3.8) is 0 Å². The molecule has 0 bridgehead atoms. The van der Waals surface area contributed by atoms with Gasteiger partial charge in [-0.05, 0) is 68.0 Å². The number of aromatic nitrogens is 2. The van der Waals surface area contributed by atoms with Crippen LogP contribution in [-0.2, 0) is 27.4 Å². The van der Waals surface area contributed by atoms with E-state index in [4.69, 9.17) is 9.84 Å². The lowest BCUT2D eigenvalue weighted by molar-refractivity contribution is -0.170. The summed E-state index contributed by atoms with van der Waals surface area (Å²) in [4.78, 5) is 34.9. The fourth-order valence-electron chi connectivity index (χ4n) is 4.34. The molecule has 2 saturated heterocycles. The van der Waals surface area contributed by atoms with Gasteiger partial charge in [0.15, 0.2) is 11.2 Å². The lowest BCUT2D eigenvalue weighted by Crippen LogP contribution is -2.49. The second-order valence-electron chi connectivity index (χ2n) is 9.35. The number of ether oxygens (including phenoxy) is 1. The Morgan fingerprint density at radius 3 is 1.56 bits per heavy atom. The third-order valence-corrected chi connectivity index (χ3v) is 6.73. The van der Waals surface area contributed by atoms with E-state index in [2.05, 4.69) is 19.8 Å². The first-order valence-electron chi connectivity index (χ1n) is 12.3. The zero-order chi connectivity index (χ0) is 26.0. The smallest absolute Gasteiger partial charge is 0.338 e. The molecular weight excluding hydrogens is 464 g/mol. The minimum atomic E-state index is -1.53. The molecule has 10 nitrogen and oxygen atoms in total. The molecule has 2 aliphatic heterocycles. The maximum atomic E-state index is 11.7. The van der Waals surface area contributed by atoms with Crippen LogP contribution in [0.4, 0.5) is 0 Å². The Labute approximate surface area is 211 Å². The third-order valence-electron chi connectivity index (χ3n) is 6.73. The highest BCUT2D eigenvalue weighted by Gasteiger charge is 2.41. The summed E-state index contributed by atoms with van der Waals surface area (Å²) in [6, 6.07) is 7.84. The number of carboxylic acids is 1. The number of carboxylic acid groups (broad SMARTS) is 1.